The number of hydrogen-bond donors (Lipinski definition) is 2. The molecule has 0 unspecified atom stereocenters. The van der Waals surface area contributed by atoms with Gasteiger partial charge in [-0.25, -0.2) is 0 Å². The van der Waals surface area contributed by atoms with Crippen LogP contribution in [-0.2, 0) is 9.59 Å². The predicted molar refractivity (Wildman–Crippen MR) is 94.3 cm³/mol. The maximum absolute atomic E-state index is 12.1. The van der Waals surface area contributed by atoms with E-state index < -0.39 is 16.7 Å². The normalized spacial score (nSPS) is 10.2. The zero-order valence-electron chi connectivity index (χ0n) is 12.9. The number of benzene rings is 3. The molecule has 0 fully saturated rings. The summed E-state index contributed by atoms with van der Waals surface area (Å²) in [5, 5.41) is 17.3. The molecule has 0 aliphatic carbocycles. The highest BCUT2D eigenvalue weighted by Crippen LogP contribution is 2.23. The van der Waals surface area contributed by atoms with Crippen molar-refractivity contribution in [2.24, 2.45) is 0 Å². The molecule has 7 nitrogen and oxygen atoms in total. The van der Waals surface area contributed by atoms with Crippen molar-refractivity contribution in [2.45, 2.75) is 0 Å². The van der Waals surface area contributed by atoms with Gasteiger partial charge in [0.1, 0.15) is 0 Å². The van der Waals surface area contributed by atoms with Crippen molar-refractivity contribution in [3.8, 4) is 0 Å². The average molecular weight is 335 g/mol. The number of nitro benzene ring substituents is 1. The van der Waals surface area contributed by atoms with Crippen LogP contribution in [0.15, 0.2) is 66.7 Å². The lowest BCUT2D eigenvalue weighted by molar-refractivity contribution is -0.384. The zero-order chi connectivity index (χ0) is 17.8. The molecule has 7 heteroatoms. The van der Waals surface area contributed by atoms with Crippen LogP contribution in [0.2, 0.25) is 0 Å². The summed E-state index contributed by atoms with van der Waals surface area (Å²) in [5.74, 6) is -1.68. The number of anilines is 2. The summed E-state index contributed by atoms with van der Waals surface area (Å²) in [6.45, 7) is 0. The maximum atomic E-state index is 12.1. The lowest BCUT2D eigenvalue weighted by Crippen LogP contribution is -2.29. The highest BCUT2D eigenvalue weighted by atomic mass is 16.6. The Labute approximate surface area is 142 Å². The molecule has 3 rings (SSSR count). The van der Waals surface area contributed by atoms with Crippen molar-refractivity contribution in [3.63, 3.8) is 0 Å². The van der Waals surface area contributed by atoms with Crippen LogP contribution in [-0.4, -0.2) is 16.7 Å². The number of nitro groups is 1. The topological polar surface area (TPSA) is 101 Å². The van der Waals surface area contributed by atoms with Crippen LogP contribution >= 0.6 is 0 Å². The zero-order valence-corrected chi connectivity index (χ0v) is 12.9. The molecule has 25 heavy (non-hydrogen) atoms. The first-order chi connectivity index (χ1) is 12.0. The molecule has 0 bridgehead atoms. The summed E-state index contributed by atoms with van der Waals surface area (Å²) < 4.78 is 0. The van der Waals surface area contributed by atoms with E-state index in [1.165, 1.54) is 24.3 Å². The number of hydrogen-bond acceptors (Lipinski definition) is 4. The van der Waals surface area contributed by atoms with Gasteiger partial charge < -0.3 is 10.6 Å². The van der Waals surface area contributed by atoms with E-state index in [9.17, 15) is 19.7 Å². The molecule has 0 saturated heterocycles. The lowest BCUT2D eigenvalue weighted by Gasteiger charge is -2.09. The summed E-state index contributed by atoms with van der Waals surface area (Å²) in [6, 6.07) is 18.1. The summed E-state index contributed by atoms with van der Waals surface area (Å²) in [6.07, 6.45) is 0. The fourth-order valence-corrected chi connectivity index (χ4v) is 2.37. The minimum absolute atomic E-state index is 0.0989. The summed E-state index contributed by atoms with van der Waals surface area (Å²) in [4.78, 5) is 34.2. The molecule has 124 valence electrons. The Morgan fingerprint density at radius 1 is 0.800 bits per heavy atom. The second kappa shape index (κ2) is 6.79. The van der Waals surface area contributed by atoms with E-state index in [1.807, 2.05) is 30.3 Å². The highest BCUT2D eigenvalue weighted by molar-refractivity contribution is 6.44. The molecular formula is C18H13N3O4. The van der Waals surface area contributed by atoms with Gasteiger partial charge in [-0.15, -0.1) is 0 Å². The number of carbonyl (C=O) groups is 2. The molecule has 0 saturated carbocycles. The Kier molecular flexibility index (Phi) is 4.38. The number of non-ortho nitro benzene ring substituents is 1. The van der Waals surface area contributed by atoms with E-state index in [0.717, 1.165) is 10.8 Å². The van der Waals surface area contributed by atoms with Gasteiger partial charge in [-0.2, -0.15) is 0 Å². The number of fused-ring (bicyclic) bond motifs is 1. The van der Waals surface area contributed by atoms with Crippen LogP contribution in [0.1, 0.15) is 0 Å². The molecule has 0 radical (unpaired) electrons. The van der Waals surface area contributed by atoms with Crippen LogP contribution in [0.3, 0.4) is 0 Å². The Bertz CT molecular complexity index is 962. The Morgan fingerprint density at radius 3 is 2.16 bits per heavy atom. The lowest BCUT2D eigenvalue weighted by atomic mass is 10.1. The van der Waals surface area contributed by atoms with Crippen molar-refractivity contribution < 1.29 is 14.5 Å². The summed E-state index contributed by atoms with van der Waals surface area (Å²) in [7, 11) is 0. The second-order valence-corrected chi connectivity index (χ2v) is 5.24. The minimum atomic E-state index is -0.859. The number of rotatable bonds is 3. The van der Waals surface area contributed by atoms with Crippen LogP contribution in [0.4, 0.5) is 17.1 Å². The molecule has 3 aromatic carbocycles. The first-order valence-electron chi connectivity index (χ1n) is 7.39. The first-order valence-corrected chi connectivity index (χ1v) is 7.39. The number of amides is 2. The average Bonchev–Trinajstić information content (AvgIpc) is 2.62. The third kappa shape index (κ3) is 3.61. The number of carbonyl (C=O) groups excluding carboxylic acids is 2. The van der Waals surface area contributed by atoms with E-state index in [-0.39, 0.29) is 5.69 Å². The molecule has 3 aromatic rings. The minimum Gasteiger partial charge on any atom is -0.318 e. The molecule has 0 atom stereocenters. The van der Waals surface area contributed by atoms with Gasteiger partial charge >= 0.3 is 11.8 Å². The molecule has 0 aromatic heterocycles. The smallest absolute Gasteiger partial charge is 0.314 e. The van der Waals surface area contributed by atoms with Crippen LogP contribution < -0.4 is 10.6 Å². The molecule has 0 spiro atoms. The fraction of sp³-hybridized carbons (Fsp3) is 0. The molecule has 0 heterocycles. The van der Waals surface area contributed by atoms with Crippen LogP contribution in [0.5, 0.6) is 0 Å². The van der Waals surface area contributed by atoms with Gasteiger partial charge in [-0.05, 0) is 23.6 Å². The van der Waals surface area contributed by atoms with Crippen molar-refractivity contribution in [2.75, 3.05) is 10.6 Å². The quantitative estimate of drug-likeness (QED) is 0.435. The summed E-state index contributed by atoms with van der Waals surface area (Å²) in [5.41, 5.74) is 0.726. The standard InChI is InChI=1S/C18H13N3O4/c22-17(19-13-8-10-14(11-9-13)21(24)25)18(23)20-16-7-3-5-12-4-1-2-6-15(12)16/h1-11H,(H,19,22)(H,20,23). The highest BCUT2D eigenvalue weighted by Gasteiger charge is 2.15. The van der Waals surface area contributed by atoms with Crippen molar-refractivity contribution in [1.82, 2.24) is 0 Å². The van der Waals surface area contributed by atoms with Gasteiger partial charge in [0.15, 0.2) is 0 Å². The third-order valence-corrected chi connectivity index (χ3v) is 3.58. The van der Waals surface area contributed by atoms with Crippen LogP contribution in [0, 0.1) is 10.1 Å². The Balaban J connectivity index is 1.72. The fourth-order valence-electron chi connectivity index (χ4n) is 2.37. The van der Waals surface area contributed by atoms with Crippen molar-refractivity contribution in [1.29, 1.82) is 0 Å². The number of nitrogens with one attached hydrogen (secondary N) is 2. The van der Waals surface area contributed by atoms with E-state index in [2.05, 4.69) is 10.6 Å². The summed E-state index contributed by atoms with van der Waals surface area (Å²) >= 11 is 0. The van der Waals surface area contributed by atoms with Gasteiger partial charge in [0.05, 0.1) is 4.92 Å². The van der Waals surface area contributed by atoms with Crippen molar-refractivity contribution >= 4 is 39.6 Å². The van der Waals surface area contributed by atoms with Crippen LogP contribution in [0.25, 0.3) is 10.8 Å². The monoisotopic (exact) mass is 335 g/mol. The van der Waals surface area contributed by atoms with Gasteiger partial charge in [0, 0.05) is 28.9 Å². The van der Waals surface area contributed by atoms with Gasteiger partial charge in [0.25, 0.3) is 5.69 Å². The van der Waals surface area contributed by atoms with Gasteiger partial charge in [-0.3, -0.25) is 19.7 Å². The Morgan fingerprint density at radius 2 is 1.44 bits per heavy atom. The molecule has 2 N–H and O–H groups in total. The number of nitrogens with zero attached hydrogens (tertiary/aromatic N) is 1. The van der Waals surface area contributed by atoms with E-state index in [1.54, 1.807) is 12.1 Å². The maximum Gasteiger partial charge on any atom is 0.314 e. The molecular weight excluding hydrogens is 322 g/mol. The van der Waals surface area contributed by atoms with Gasteiger partial charge in [-0.1, -0.05) is 36.4 Å². The van der Waals surface area contributed by atoms with Gasteiger partial charge in [0.2, 0.25) is 0 Å². The first kappa shape index (κ1) is 16.1. The SMILES string of the molecule is O=C(Nc1ccc([N+](=O)[O-])cc1)C(=O)Nc1cccc2ccccc12. The molecule has 2 amide bonds. The molecule has 0 aliphatic rings. The van der Waals surface area contributed by atoms with E-state index in [0.29, 0.717) is 11.4 Å². The van der Waals surface area contributed by atoms with Crippen molar-refractivity contribution in [3.05, 3.63) is 76.8 Å². The van der Waals surface area contributed by atoms with E-state index in [4.69, 9.17) is 0 Å². The Hall–Kier alpha value is -3.74. The third-order valence-electron chi connectivity index (χ3n) is 3.58. The predicted octanol–water partition coefficient (Wildman–Crippen LogP) is 3.33. The second-order valence-electron chi connectivity index (χ2n) is 5.24. The van der Waals surface area contributed by atoms with E-state index >= 15 is 0 Å². The molecule has 0 aliphatic heterocycles. The largest absolute Gasteiger partial charge is 0.318 e.